The maximum absolute atomic E-state index is 5.27. The highest BCUT2D eigenvalue weighted by atomic mass is 16.5. The lowest BCUT2D eigenvalue weighted by Gasteiger charge is -2.29. The lowest BCUT2D eigenvalue weighted by Crippen LogP contribution is -2.31. The number of aromatic nitrogens is 2. The minimum Gasteiger partial charge on any atom is -0.380 e. The molecule has 2 aliphatic rings. The summed E-state index contributed by atoms with van der Waals surface area (Å²) in [5, 5.41) is 0. The molecular formula is C14H21N3O. The first-order valence-electron chi connectivity index (χ1n) is 6.98. The molecule has 98 valence electrons. The van der Waals surface area contributed by atoms with Gasteiger partial charge in [0.2, 0.25) is 0 Å². The zero-order valence-corrected chi connectivity index (χ0v) is 11.1. The molecule has 1 aromatic rings. The first kappa shape index (κ1) is 11.9. The van der Waals surface area contributed by atoms with Gasteiger partial charge in [-0.15, -0.1) is 0 Å². The van der Waals surface area contributed by atoms with Crippen molar-refractivity contribution in [1.82, 2.24) is 9.97 Å². The highest BCUT2D eigenvalue weighted by Crippen LogP contribution is 2.39. The normalized spacial score (nSPS) is 20.2. The summed E-state index contributed by atoms with van der Waals surface area (Å²) >= 11 is 0. The molecule has 0 N–H and O–H groups in total. The van der Waals surface area contributed by atoms with E-state index >= 15 is 0 Å². The molecule has 18 heavy (non-hydrogen) atoms. The van der Waals surface area contributed by atoms with Crippen LogP contribution in [0.25, 0.3) is 0 Å². The predicted octanol–water partition coefficient (Wildman–Crippen LogP) is 2.49. The number of rotatable bonds is 4. The SMILES string of the molecule is COCc1cnc(C2CC2)nc1N1CCCCC1. The quantitative estimate of drug-likeness (QED) is 0.819. The van der Waals surface area contributed by atoms with Crippen molar-refractivity contribution >= 4 is 5.82 Å². The Kier molecular flexibility index (Phi) is 3.46. The summed E-state index contributed by atoms with van der Waals surface area (Å²) in [5.74, 6) is 2.77. The maximum atomic E-state index is 5.27. The summed E-state index contributed by atoms with van der Waals surface area (Å²) in [5.41, 5.74) is 1.13. The number of ether oxygens (including phenoxy) is 1. The highest BCUT2D eigenvalue weighted by Gasteiger charge is 2.28. The van der Waals surface area contributed by atoms with E-state index < -0.39 is 0 Å². The lowest BCUT2D eigenvalue weighted by molar-refractivity contribution is 0.184. The lowest BCUT2D eigenvalue weighted by atomic mass is 10.1. The maximum Gasteiger partial charge on any atom is 0.137 e. The third-order valence-corrected chi connectivity index (χ3v) is 3.76. The number of hydrogen-bond donors (Lipinski definition) is 0. The average Bonchev–Trinajstić information content (AvgIpc) is 3.25. The van der Waals surface area contributed by atoms with E-state index in [-0.39, 0.29) is 0 Å². The Morgan fingerprint density at radius 3 is 2.72 bits per heavy atom. The molecule has 0 atom stereocenters. The molecule has 0 amide bonds. The van der Waals surface area contributed by atoms with Gasteiger partial charge >= 0.3 is 0 Å². The smallest absolute Gasteiger partial charge is 0.137 e. The van der Waals surface area contributed by atoms with Crippen LogP contribution in [0.4, 0.5) is 5.82 Å². The van der Waals surface area contributed by atoms with Crippen LogP contribution < -0.4 is 4.90 Å². The summed E-state index contributed by atoms with van der Waals surface area (Å²) in [6.07, 6.45) is 8.36. The second-order valence-corrected chi connectivity index (χ2v) is 5.33. The van der Waals surface area contributed by atoms with Gasteiger partial charge in [0.25, 0.3) is 0 Å². The Bertz CT molecular complexity index is 412. The van der Waals surface area contributed by atoms with E-state index in [0.29, 0.717) is 12.5 Å². The van der Waals surface area contributed by atoms with Gasteiger partial charge in [0.15, 0.2) is 0 Å². The first-order valence-corrected chi connectivity index (χ1v) is 6.98. The van der Waals surface area contributed by atoms with Crippen LogP contribution in [0.15, 0.2) is 6.20 Å². The topological polar surface area (TPSA) is 38.3 Å². The second kappa shape index (κ2) is 5.22. The van der Waals surface area contributed by atoms with E-state index in [0.717, 1.165) is 30.3 Å². The van der Waals surface area contributed by atoms with Crippen LogP contribution in [0.5, 0.6) is 0 Å². The van der Waals surface area contributed by atoms with Crippen LogP contribution in [-0.2, 0) is 11.3 Å². The van der Waals surface area contributed by atoms with E-state index in [1.165, 1.54) is 32.1 Å². The summed E-state index contributed by atoms with van der Waals surface area (Å²) < 4.78 is 5.27. The van der Waals surface area contributed by atoms with Crippen molar-refractivity contribution in [2.24, 2.45) is 0 Å². The Morgan fingerprint density at radius 2 is 2.06 bits per heavy atom. The van der Waals surface area contributed by atoms with E-state index in [2.05, 4.69) is 9.88 Å². The van der Waals surface area contributed by atoms with Gasteiger partial charge in [-0.3, -0.25) is 0 Å². The van der Waals surface area contributed by atoms with Crippen LogP contribution >= 0.6 is 0 Å². The molecule has 0 aromatic carbocycles. The molecule has 0 spiro atoms. The Balaban J connectivity index is 1.88. The first-order chi connectivity index (χ1) is 8.88. The fraction of sp³-hybridized carbons (Fsp3) is 0.714. The fourth-order valence-electron chi connectivity index (χ4n) is 2.59. The highest BCUT2D eigenvalue weighted by molar-refractivity contribution is 5.46. The van der Waals surface area contributed by atoms with Crippen LogP contribution in [0, 0.1) is 0 Å². The largest absolute Gasteiger partial charge is 0.380 e. The van der Waals surface area contributed by atoms with E-state index in [4.69, 9.17) is 9.72 Å². The molecular weight excluding hydrogens is 226 g/mol. The van der Waals surface area contributed by atoms with E-state index in [9.17, 15) is 0 Å². The minimum atomic E-state index is 0.608. The third-order valence-electron chi connectivity index (χ3n) is 3.76. The molecule has 1 aromatic heterocycles. The van der Waals surface area contributed by atoms with Gasteiger partial charge in [-0.25, -0.2) is 9.97 Å². The van der Waals surface area contributed by atoms with Crippen molar-refractivity contribution in [3.05, 3.63) is 17.6 Å². The predicted molar refractivity (Wildman–Crippen MR) is 70.8 cm³/mol. The summed E-state index contributed by atoms with van der Waals surface area (Å²) in [6, 6.07) is 0. The summed E-state index contributed by atoms with van der Waals surface area (Å²) in [4.78, 5) is 11.7. The van der Waals surface area contributed by atoms with Crippen molar-refractivity contribution in [3.63, 3.8) is 0 Å². The third kappa shape index (κ3) is 2.48. The van der Waals surface area contributed by atoms with Gasteiger partial charge in [-0.05, 0) is 32.1 Å². The van der Waals surface area contributed by atoms with Crippen molar-refractivity contribution in [2.75, 3.05) is 25.1 Å². The van der Waals surface area contributed by atoms with E-state index in [1.807, 2.05) is 6.20 Å². The summed E-state index contributed by atoms with van der Waals surface area (Å²) in [6.45, 7) is 2.85. The number of piperidine rings is 1. The molecule has 2 fully saturated rings. The molecule has 4 nitrogen and oxygen atoms in total. The van der Waals surface area contributed by atoms with Crippen molar-refractivity contribution in [2.45, 2.75) is 44.6 Å². The van der Waals surface area contributed by atoms with Gasteiger partial charge in [0.05, 0.1) is 6.61 Å². The van der Waals surface area contributed by atoms with Gasteiger partial charge in [0, 0.05) is 37.9 Å². The molecule has 1 aliphatic carbocycles. The van der Waals surface area contributed by atoms with E-state index in [1.54, 1.807) is 7.11 Å². The monoisotopic (exact) mass is 247 g/mol. The van der Waals surface area contributed by atoms with Crippen LogP contribution in [-0.4, -0.2) is 30.2 Å². The van der Waals surface area contributed by atoms with Crippen LogP contribution in [0.2, 0.25) is 0 Å². The molecule has 3 rings (SSSR count). The standard InChI is InChI=1S/C14H21N3O/c1-18-10-12-9-15-13(11-5-6-11)16-14(12)17-7-3-2-4-8-17/h9,11H,2-8,10H2,1H3. The number of methoxy groups -OCH3 is 1. The average molecular weight is 247 g/mol. The molecule has 0 radical (unpaired) electrons. The minimum absolute atomic E-state index is 0.608. The van der Waals surface area contributed by atoms with Gasteiger partial charge in [0.1, 0.15) is 11.6 Å². The van der Waals surface area contributed by atoms with Gasteiger partial charge in [-0.1, -0.05) is 0 Å². The van der Waals surface area contributed by atoms with Gasteiger partial charge < -0.3 is 9.64 Å². The second-order valence-electron chi connectivity index (χ2n) is 5.33. The van der Waals surface area contributed by atoms with Crippen molar-refractivity contribution in [3.8, 4) is 0 Å². The summed E-state index contributed by atoms with van der Waals surface area (Å²) in [7, 11) is 1.73. The zero-order chi connectivity index (χ0) is 12.4. The van der Waals surface area contributed by atoms with Crippen LogP contribution in [0.1, 0.15) is 49.4 Å². The molecule has 2 heterocycles. The van der Waals surface area contributed by atoms with Crippen molar-refractivity contribution < 1.29 is 4.74 Å². The number of anilines is 1. The molecule has 1 saturated carbocycles. The molecule has 1 aliphatic heterocycles. The molecule has 4 heteroatoms. The van der Waals surface area contributed by atoms with Crippen molar-refractivity contribution in [1.29, 1.82) is 0 Å². The Hall–Kier alpha value is -1.16. The molecule has 0 unspecified atom stereocenters. The Morgan fingerprint density at radius 1 is 1.28 bits per heavy atom. The van der Waals surface area contributed by atoms with Gasteiger partial charge in [-0.2, -0.15) is 0 Å². The molecule has 0 bridgehead atoms. The zero-order valence-electron chi connectivity index (χ0n) is 11.1. The number of hydrogen-bond acceptors (Lipinski definition) is 4. The fourth-order valence-corrected chi connectivity index (χ4v) is 2.59. The Labute approximate surface area is 108 Å². The van der Waals surface area contributed by atoms with Crippen LogP contribution in [0.3, 0.4) is 0 Å². The number of nitrogens with zero attached hydrogens (tertiary/aromatic N) is 3. The molecule has 1 saturated heterocycles.